The maximum atomic E-state index is 13.6. The number of nitrogens with zero attached hydrogens (tertiary/aromatic N) is 3. The minimum Gasteiger partial charge on any atom is -0.308 e. The molecule has 1 fully saturated rings. The topological polar surface area (TPSA) is 50.2 Å². The monoisotopic (exact) mass is 346 g/mol. The lowest BCUT2D eigenvalue weighted by Gasteiger charge is -2.28. The molecule has 2 aromatic rings. The molecule has 1 aromatic heterocycles. The van der Waals surface area contributed by atoms with Gasteiger partial charge in [-0.25, -0.2) is 4.39 Å². The molecule has 0 radical (unpaired) electrons. The molecule has 0 unspecified atom stereocenters. The van der Waals surface area contributed by atoms with Crippen molar-refractivity contribution in [3.8, 4) is 0 Å². The number of aryl methyl sites for hydroxylation is 1. The molecule has 7 heteroatoms. The van der Waals surface area contributed by atoms with Gasteiger partial charge in [-0.15, -0.1) is 11.8 Å². The third-order valence-corrected chi connectivity index (χ3v) is 5.74. The van der Waals surface area contributed by atoms with Crippen molar-refractivity contribution in [2.75, 3.05) is 17.2 Å². The Kier molecular flexibility index (Phi) is 4.05. The summed E-state index contributed by atoms with van der Waals surface area (Å²) in [6.45, 7) is 0.680. The van der Waals surface area contributed by atoms with Gasteiger partial charge in [-0.05, 0) is 42.4 Å². The van der Waals surface area contributed by atoms with E-state index in [-0.39, 0.29) is 23.8 Å². The van der Waals surface area contributed by atoms with Gasteiger partial charge in [0.1, 0.15) is 5.82 Å². The largest absolute Gasteiger partial charge is 0.308 e. The van der Waals surface area contributed by atoms with Crippen LogP contribution < -0.4 is 10.2 Å². The summed E-state index contributed by atoms with van der Waals surface area (Å²) in [6.07, 6.45) is 5.21. The molecule has 0 spiro atoms. The SMILES string of the molecule is Cn1cc(N2CC[C@H](N[C@@H]3CCSc4ccc(F)cc43)C2=O)cn1. The van der Waals surface area contributed by atoms with E-state index in [1.165, 1.54) is 6.07 Å². The molecule has 126 valence electrons. The molecule has 2 aliphatic rings. The first-order chi connectivity index (χ1) is 11.6. The maximum Gasteiger partial charge on any atom is 0.244 e. The van der Waals surface area contributed by atoms with E-state index in [9.17, 15) is 9.18 Å². The van der Waals surface area contributed by atoms with E-state index in [2.05, 4.69) is 10.4 Å². The smallest absolute Gasteiger partial charge is 0.244 e. The number of hydrogen-bond donors (Lipinski definition) is 1. The van der Waals surface area contributed by atoms with Crippen LogP contribution in [0.1, 0.15) is 24.4 Å². The quantitative estimate of drug-likeness (QED) is 0.928. The van der Waals surface area contributed by atoms with Gasteiger partial charge in [0.25, 0.3) is 0 Å². The average Bonchev–Trinajstić information content (AvgIpc) is 3.14. The van der Waals surface area contributed by atoms with Gasteiger partial charge >= 0.3 is 0 Å². The molecule has 24 heavy (non-hydrogen) atoms. The Hall–Kier alpha value is -1.86. The Balaban J connectivity index is 1.51. The van der Waals surface area contributed by atoms with Crippen molar-refractivity contribution in [3.63, 3.8) is 0 Å². The second-order valence-electron chi connectivity index (χ2n) is 6.24. The molecule has 0 aliphatic carbocycles. The second kappa shape index (κ2) is 6.22. The number of anilines is 1. The minimum absolute atomic E-state index is 0.0275. The molecule has 0 bridgehead atoms. The van der Waals surface area contributed by atoms with E-state index >= 15 is 0 Å². The van der Waals surface area contributed by atoms with Gasteiger partial charge in [0, 0.05) is 30.7 Å². The van der Waals surface area contributed by atoms with Crippen LogP contribution in [0.2, 0.25) is 0 Å². The summed E-state index contributed by atoms with van der Waals surface area (Å²) in [5.74, 6) is 0.820. The van der Waals surface area contributed by atoms with Crippen molar-refractivity contribution in [2.24, 2.45) is 7.05 Å². The van der Waals surface area contributed by atoms with Crippen LogP contribution in [0.4, 0.5) is 10.1 Å². The van der Waals surface area contributed by atoms with E-state index in [1.54, 1.807) is 33.6 Å². The third kappa shape index (κ3) is 2.82. The van der Waals surface area contributed by atoms with Crippen molar-refractivity contribution in [2.45, 2.75) is 29.8 Å². The van der Waals surface area contributed by atoms with Crippen LogP contribution in [0.25, 0.3) is 0 Å². The second-order valence-corrected chi connectivity index (χ2v) is 7.38. The van der Waals surface area contributed by atoms with Crippen LogP contribution in [0.5, 0.6) is 0 Å². The van der Waals surface area contributed by atoms with Gasteiger partial charge in [-0.3, -0.25) is 14.8 Å². The number of halogens is 1. The molecule has 5 nitrogen and oxygen atoms in total. The zero-order chi connectivity index (χ0) is 16.7. The highest BCUT2D eigenvalue weighted by atomic mass is 32.2. The molecular formula is C17H19FN4OS. The number of amides is 1. The van der Waals surface area contributed by atoms with Crippen LogP contribution in [0.3, 0.4) is 0 Å². The summed E-state index contributed by atoms with van der Waals surface area (Å²) < 4.78 is 15.3. The highest BCUT2D eigenvalue weighted by Crippen LogP contribution is 2.37. The fourth-order valence-corrected chi connectivity index (χ4v) is 4.53. The van der Waals surface area contributed by atoms with Crippen molar-refractivity contribution in [1.82, 2.24) is 15.1 Å². The van der Waals surface area contributed by atoms with E-state index in [0.717, 1.165) is 34.7 Å². The van der Waals surface area contributed by atoms with Gasteiger partial charge in [0.15, 0.2) is 0 Å². The number of fused-ring (bicyclic) bond motifs is 1. The highest BCUT2D eigenvalue weighted by Gasteiger charge is 2.35. The third-order valence-electron chi connectivity index (χ3n) is 4.62. The average molecular weight is 346 g/mol. The minimum atomic E-state index is -0.227. The van der Waals surface area contributed by atoms with Crippen LogP contribution in [0.15, 0.2) is 35.5 Å². The molecule has 3 heterocycles. The number of rotatable bonds is 3. The fraction of sp³-hybridized carbons (Fsp3) is 0.412. The number of thioether (sulfide) groups is 1. The summed E-state index contributed by atoms with van der Waals surface area (Å²) in [5, 5.41) is 7.59. The van der Waals surface area contributed by atoms with Crippen LogP contribution in [0, 0.1) is 5.82 Å². The summed E-state index contributed by atoms with van der Waals surface area (Å²) in [4.78, 5) is 15.6. The predicted molar refractivity (Wildman–Crippen MR) is 91.6 cm³/mol. The predicted octanol–water partition coefficient (Wildman–Crippen LogP) is 2.49. The molecule has 1 N–H and O–H groups in total. The molecule has 2 aliphatic heterocycles. The molecule has 1 saturated heterocycles. The van der Waals surface area contributed by atoms with Gasteiger partial charge < -0.3 is 4.90 Å². The molecule has 4 rings (SSSR count). The van der Waals surface area contributed by atoms with Gasteiger partial charge in [-0.2, -0.15) is 5.10 Å². The van der Waals surface area contributed by atoms with E-state index < -0.39 is 0 Å². The number of carbonyl (C=O) groups excluding carboxylic acids is 1. The van der Waals surface area contributed by atoms with Crippen molar-refractivity contribution in [1.29, 1.82) is 0 Å². The standard InChI is InChI=1S/C17H19FN4OS/c1-21-10-12(9-19-21)22-6-4-15(17(22)23)20-14-5-7-24-16-3-2-11(18)8-13(14)16/h2-3,8-10,14-15,20H,4-7H2,1H3/t14-,15+/m1/s1. The maximum absolute atomic E-state index is 13.6. The Labute approximate surface area is 144 Å². The van der Waals surface area contributed by atoms with Crippen molar-refractivity contribution in [3.05, 3.63) is 42.0 Å². The summed E-state index contributed by atoms with van der Waals surface area (Å²) in [7, 11) is 1.84. The zero-order valence-electron chi connectivity index (χ0n) is 13.4. The van der Waals surface area contributed by atoms with Gasteiger partial charge in [0.05, 0.1) is 17.9 Å². The van der Waals surface area contributed by atoms with Crippen molar-refractivity contribution < 1.29 is 9.18 Å². The first kappa shape index (κ1) is 15.7. The first-order valence-electron chi connectivity index (χ1n) is 8.10. The summed E-state index contributed by atoms with van der Waals surface area (Å²) in [6, 6.07) is 4.73. The molecule has 1 aromatic carbocycles. The Bertz CT molecular complexity index is 778. The van der Waals surface area contributed by atoms with Crippen LogP contribution in [-0.4, -0.2) is 34.0 Å². The lowest BCUT2D eigenvalue weighted by Crippen LogP contribution is -2.41. The van der Waals surface area contributed by atoms with Gasteiger partial charge in [0.2, 0.25) is 5.91 Å². The van der Waals surface area contributed by atoms with Crippen LogP contribution in [-0.2, 0) is 11.8 Å². The van der Waals surface area contributed by atoms with E-state index in [0.29, 0.717) is 6.54 Å². The normalized spacial score (nSPS) is 23.6. The van der Waals surface area contributed by atoms with Gasteiger partial charge in [-0.1, -0.05) is 0 Å². The Morgan fingerprint density at radius 2 is 2.21 bits per heavy atom. The molecular weight excluding hydrogens is 327 g/mol. The summed E-state index contributed by atoms with van der Waals surface area (Å²) >= 11 is 1.75. The highest BCUT2D eigenvalue weighted by molar-refractivity contribution is 7.99. The van der Waals surface area contributed by atoms with Crippen LogP contribution >= 0.6 is 11.8 Å². The molecule has 2 atom stereocenters. The molecule has 1 amide bonds. The van der Waals surface area contributed by atoms with E-state index in [1.807, 2.05) is 19.3 Å². The number of benzene rings is 1. The summed E-state index contributed by atoms with van der Waals surface area (Å²) in [5.41, 5.74) is 1.80. The van der Waals surface area contributed by atoms with Crippen molar-refractivity contribution >= 4 is 23.4 Å². The number of nitrogens with one attached hydrogen (secondary N) is 1. The number of carbonyl (C=O) groups is 1. The Morgan fingerprint density at radius 3 is 3.00 bits per heavy atom. The number of aromatic nitrogens is 2. The number of hydrogen-bond acceptors (Lipinski definition) is 4. The fourth-order valence-electron chi connectivity index (χ4n) is 3.42. The zero-order valence-corrected chi connectivity index (χ0v) is 14.2. The Morgan fingerprint density at radius 1 is 1.33 bits per heavy atom. The first-order valence-corrected chi connectivity index (χ1v) is 9.09. The lowest BCUT2D eigenvalue weighted by atomic mass is 10.0. The molecule has 0 saturated carbocycles. The van der Waals surface area contributed by atoms with E-state index in [4.69, 9.17) is 0 Å². The lowest BCUT2D eigenvalue weighted by molar-refractivity contribution is -0.119.